The van der Waals surface area contributed by atoms with E-state index >= 15 is 0 Å². The Labute approximate surface area is 158 Å². The molecular weight excluding hydrogens is 356 g/mol. The first kappa shape index (κ1) is 19.2. The number of hydrogen-bond donors (Lipinski definition) is 2. The van der Waals surface area contributed by atoms with E-state index in [1.54, 1.807) is 36.4 Å². The van der Waals surface area contributed by atoms with Gasteiger partial charge < -0.3 is 10.1 Å². The summed E-state index contributed by atoms with van der Waals surface area (Å²) in [6.07, 6.45) is 0.921. The van der Waals surface area contributed by atoms with E-state index in [0.717, 1.165) is 6.42 Å². The molecule has 2 N–H and O–H groups in total. The summed E-state index contributed by atoms with van der Waals surface area (Å²) in [7, 11) is 0. The standard InChI is InChI=1S/C19H21ClN2O2S/c1-13(2)10-11-24-17-9-4-3-8-16(17)18(23)22-19(25)21-15-7-5-6-14(20)12-15/h3-9,12-13H,10-11H2,1-2H3,(H2,21,22,23,25). The lowest BCUT2D eigenvalue weighted by atomic mass is 10.1. The Bertz CT molecular complexity index is 750. The number of anilines is 1. The molecule has 6 heteroatoms. The van der Waals surface area contributed by atoms with Crippen molar-refractivity contribution in [2.45, 2.75) is 20.3 Å². The highest BCUT2D eigenvalue weighted by Crippen LogP contribution is 2.19. The molecular formula is C19H21ClN2O2S. The molecule has 0 heterocycles. The average Bonchev–Trinajstić information content (AvgIpc) is 2.54. The van der Waals surface area contributed by atoms with E-state index in [2.05, 4.69) is 24.5 Å². The second-order valence-electron chi connectivity index (χ2n) is 5.95. The van der Waals surface area contributed by atoms with Gasteiger partial charge in [-0.25, -0.2) is 0 Å². The highest BCUT2D eigenvalue weighted by molar-refractivity contribution is 7.80. The number of amides is 1. The maximum atomic E-state index is 12.5. The Morgan fingerprint density at radius 1 is 1.20 bits per heavy atom. The Balaban J connectivity index is 1.99. The molecule has 0 spiro atoms. The van der Waals surface area contributed by atoms with Crippen LogP contribution < -0.4 is 15.4 Å². The van der Waals surface area contributed by atoms with Crippen molar-refractivity contribution in [2.75, 3.05) is 11.9 Å². The third kappa shape index (κ3) is 6.36. The van der Waals surface area contributed by atoms with Crippen LogP contribution in [0.3, 0.4) is 0 Å². The number of rotatable bonds is 6. The van der Waals surface area contributed by atoms with Gasteiger partial charge >= 0.3 is 0 Å². The number of hydrogen-bond acceptors (Lipinski definition) is 3. The highest BCUT2D eigenvalue weighted by atomic mass is 35.5. The maximum Gasteiger partial charge on any atom is 0.261 e. The van der Waals surface area contributed by atoms with Gasteiger partial charge in [0.2, 0.25) is 0 Å². The minimum atomic E-state index is -0.320. The molecule has 0 aliphatic rings. The first-order chi connectivity index (χ1) is 12.0. The summed E-state index contributed by atoms with van der Waals surface area (Å²) < 4.78 is 5.74. The summed E-state index contributed by atoms with van der Waals surface area (Å²) in [6, 6.07) is 14.2. The van der Waals surface area contributed by atoms with E-state index in [1.807, 2.05) is 12.1 Å². The third-order valence-electron chi connectivity index (χ3n) is 3.39. The molecule has 2 aromatic rings. The van der Waals surface area contributed by atoms with E-state index in [-0.39, 0.29) is 11.0 Å². The monoisotopic (exact) mass is 376 g/mol. The zero-order chi connectivity index (χ0) is 18.2. The fourth-order valence-corrected chi connectivity index (χ4v) is 2.48. The van der Waals surface area contributed by atoms with Crippen LogP contribution >= 0.6 is 23.8 Å². The number of halogens is 1. The minimum Gasteiger partial charge on any atom is -0.493 e. The zero-order valence-electron chi connectivity index (χ0n) is 14.2. The van der Waals surface area contributed by atoms with Crippen molar-refractivity contribution >= 4 is 40.5 Å². The molecule has 1 amide bonds. The van der Waals surface area contributed by atoms with Crippen molar-refractivity contribution in [3.63, 3.8) is 0 Å². The van der Waals surface area contributed by atoms with Crippen LogP contribution in [0.15, 0.2) is 48.5 Å². The van der Waals surface area contributed by atoms with Crippen LogP contribution in [0, 0.1) is 5.92 Å². The van der Waals surface area contributed by atoms with Gasteiger partial charge in [-0.3, -0.25) is 10.1 Å². The quantitative estimate of drug-likeness (QED) is 0.704. The average molecular weight is 377 g/mol. The molecule has 0 saturated heterocycles. The predicted molar refractivity (Wildman–Crippen MR) is 107 cm³/mol. The molecule has 0 unspecified atom stereocenters. The number of benzene rings is 2. The van der Waals surface area contributed by atoms with Gasteiger partial charge in [0.15, 0.2) is 5.11 Å². The van der Waals surface area contributed by atoms with Crippen molar-refractivity contribution in [3.05, 3.63) is 59.1 Å². The molecule has 0 aliphatic heterocycles. The molecule has 0 saturated carbocycles. The highest BCUT2D eigenvalue weighted by Gasteiger charge is 2.13. The van der Waals surface area contributed by atoms with E-state index in [1.165, 1.54) is 0 Å². The lowest BCUT2D eigenvalue weighted by Crippen LogP contribution is -2.34. The van der Waals surface area contributed by atoms with Gasteiger partial charge in [-0.15, -0.1) is 0 Å². The summed E-state index contributed by atoms with van der Waals surface area (Å²) in [6.45, 7) is 4.82. The van der Waals surface area contributed by atoms with E-state index in [0.29, 0.717) is 34.5 Å². The lowest BCUT2D eigenvalue weighted by molar-refractivity contribution is 0.0973. The number of nitrogens with one attached hydrogen (secondary N) is 2. The van der Waals surface area contributed by atoms with Gasteiger partial charge in [0, 0.05) is 10.7 Å². The number of thiocarbonyl (C=S) groups is 1. The fraction of sp³-hybridized carbons (Fsp3) is 0.263. The van der Waals surface area contributed by atoms with Gasteiger partial charge in [0.25, 0.3) is 5.91 Å². The van der Waals surface area contributed by atoms with Crippen LogP contribution in [0.25, 0.3) is 0 Å². The van der Waals surface area contributed by atoms with Crippen molar-refractivity contribution in [2.24, 2.45) is 5.92 Å². The molecule has 0 aromatic heterocycles. The van der Waals surface area contributed by atoms with Crippen LogP contribution in [-0.2, 0) is 0 Å². The second-order valence-corrected chi connectivity index (χ2v) is 6.79. The number of carbonyl (C=O) groups excluding carboxylic acids is 1. The number of carbonyl (C=O) groups is 1. The summed E-state index contributed by atoms with van der Waals surface area (Å²) in [5.74, 6) is 0.765. The van der Waals surface area contributed by atoms with Crippen LogP contribution in [0.1, 0.15) is 30.6 Å². The second kappa shape index (κ2) is 9.39. The first-order valence-electron chi connectivity index (χ1n) is 8.05. The van der Waals surface area contributed by atoms with Gasteiger partial charge in [0.1, 0.15) is 5.75 Å². The maximum absolute atomic E-state index is 12.5. The van der Waals surface area contributed by atoms with E-state index in [9.17, 15) is 4.79 Å². The molecule has 2 rings (SSSR count). The molecule has 25 heavy (non-hydrogen) atoms. The Kier molecular flexibility index (Phi) is 7.22. The number of ether oxygens (including phenoxy) is 1. The van der Waals surface area contributed by atoms with Crippen molar-refractivity contribution in [1.82, 2.24) is 5.32 Å². The smallest absolute Gasteiger partial charge is 0.261 e. The Hall–Kier alpha value is -2.11. The summed E-state index contributed by atoms with van der Waals surface area (Å²) in [5.41, 5.74) is 1.15. The van der Waals surface area contributed by atoms with Crippen molar-refractivity contribution < 1.29 is 9.53 Å². The Morgan fingerprint density at radius 2 is 1.96 bits per heavy atom. The summed E-state index contributed by atoms with van der Waals surface area (Å²) in [4.78, 5) is 12.5. The van der Waals surface area contributed by atoms with Gasteiger partial charge in [-0.05, 0) is 54.9 Å². The molecule has 0 atom stereocenters. The van der Waals surface area contributed by atoms with Gasteiger partial charge in [-0.1, -0.05) is 43.6 Å². The molecule has 4 nitrogen and oxygen atoms in total. The molecule has 0 radical (unpaired) electrons. The molecule has 2 aromatic carbocycles. The summed E-state index contributed by atoms with van der Waals surface area (Å²) >= 11 is 11.1. The van der Waals surface area contributed by atoms with Crippen molar-refractivity contribution in [1.29, 1.82) is 0 Å². The van der Waals surface area contributed by atoms with Gasteiger partial charge in [-0.2, -0.15) is 0 Å². The molecule has 132 valence electrons. The predicted octanol–water partition coefficient (Wildman–Crippen LogP) is 4.89. The summed E-state index contributed by atoms with van der Waals surface area (Å²) in [5, 5.41) is 6.38. The molecule has 0 aliphatic carbocycles. The van der Waals surface area contributed by atoms with Crippen LogP contribution in [0.2, 0.25) is 5.02 Å². The van der Waals surface area contributed by atoms with Crippen LogP contribution in [-0.4, -0.2) is 17.6 Å². The lowest BCUT2D eigenvalue weighted by Gasteiger charge is -2.13. The van der Waals surface area contributed by atoms with Crippen LogP contribution in [0.4, 0.5) is 5.69 Å². The first-order valence-corrected chi connectivity index (χ1v) is 8.84. The topological polar surface area (TPSA) is 50.4 Å². The van der Waals surface area contributed by atoms with E-state index in [4.69, 9.17) is 28.6 Å². The molecule has 0 bridgehead atoms. The Morgan fingerprint density at radius 3 is 2.68 bits per heavy atom. The van der Waals surface area contributed by atoms with Gasteiger partial charge in [0.05, 0.1) is 12.2 Å². The van der Waals surface area contributed by atoms with Crippen LogP contribution in [0.5, 0.6) is 5.75 Å². The van der Waals surface area contributed by atoms with Crippen molar-refractivity contribution in [3.8, 4) is 5.75 Å². The number of para-hydroxylation sites is 1. The largest absolute Gasteiger partial charge is 0.493 e. The fourth-order valence-electron chi connectivity index (χ4n) is 2.08. The molecule has 0 fully saturated rings. The minimum absolute atomic E-state index is 0.198. The third-order valence-corrected chi connectivity index (χ3v) is 3.83. The zero-order valence-corrected chi connectivity index (χ0v) is 15.8. The van der Waals surface area contributed by atoms with E-state index < -0.39 is 0 Å². The SMILES string of the molecule is CC(C)CCOc1ccccc1C(=O)NC(=S)Nc1cccc(Cl)c1. The normalized spacial score (nSPS) is 10.4.